The lowest BCUT2D eigenvalue weighted by atomic mass is 9.96. The Balaban J connectivity index is 1.51. The standard InChI is InChI=1S/C26H18N4O4/c1-14-8-9-17-18(11-14)29-26(28-17)30-22(16-6-4-10-27-13-16)21(24(32)25(30)33)23(31)20-12-15-5-2-3-7-19(15)34-20/h2-13,22,32H,1H3,(H,28,29). The monoisotopic (exact) mass is 450 g/mol. The SMILES string of the molecule is Cc1ccc2nc(N3C(=O)C(O)=C(C(=O)c4cc5ccccc5o4)C3c3cccnc3)[nH]c2c1. The van der Waals surface area contributed by atoms with Gasteiger partial charge in [0.2, 0.25) is 11.7 Å². The van der Waals surface area contributed by atoms with E-state index in [9.17, 15) is 14.7 Å². The molecule has 4 heterocycles. The maximum Gasteiger partial charge on any atom is 0.296 e. The summed E-state index contributed by atoms with van der Waals surface area (Å²) in [5, 5.41) is 11.7. The predicted molar refractivity (Wildman–Crippen MR) is 125 cm³/mol. The summed E-state index contributed by atoms with van der Waals surface area (Å²) in [5.41, 5.74) is 3.43. The molecule has 2 aromatic carbocycles. The molecule has 8 nitrogen and oxygen atoms in total. The smallest absolute Gasteiger partial charge is 0.296 e. The number of aliphatic hydroxyl groups is 1. The Morgan fingerprint density at radius 3 is 2.76 bits per heavy atom. The van der Waals surface area contributed by atoms with Crippen LogP contribution in [0, 0.1) is 6.92 Å². The number of aliphatic hydroxyl groups excluding tert-OH is 1. The summed E-state index contributed by atoms with van der Waals surface area (Å²) >= 11 is 0. The summed E-state index contributed by atoms with van der Waals surface area (Å²) in [7, 11) is 0. The van der Waals surface area contributed by atoms with E-state index >= 15 is 0 Å². The number of carbonyl (C=O) groups excluding carboxylic acids is 2. The third kappa shape index (κ3) is 3.00. The van der Waals surface area contributed by atoms with Crippen LogP contribution in [-0.4, -0.2) is 31.7 Å². The molecule has 1 aliphatic rings. The number of hydrogen-bond donors (Lipinski definition) is 2. The molecule has 8 heteroatoms. The molecule has 0 bridgehead atoms. The maximum atomic E-state index is 13.6. The zero-order chi connectivity index (χ0) is 23.4. The van der Waals surface area contributed by atoms with Crippen LogP contribution in [0.3, 0.4) is 0 Å². The van der Waals surface area contributed by atoms with E-state index in [1.165, 1.54) is 4.90 Å². The molecule has 0 spiro atoms. The Morgan fingerprint density at radius 1 is 1.12 bits per heavy atom. The van der Waals surface area contributed by atoms with Crippen molar-refractivity contribution >= 4 is 39.6 Å². The highest BCUT2D eigenvalue weighted by atomic mass is 16.3. The van der Waals surface area contributed by atoms with Crippen molar-refractivity contribution in [1.29, 1.82) is 0 Å². The molecule has 1 atom stereocenters. The molecule has 2 N–H and O–H groups in total. The number of nitrogens with zero attached hydrogens (tertiary/aromatic N) is 3. The van der Waals surface area contributed by atoms with Gasteiger partial charge >= 0.3 is 0 Å². The number of amides is 1. The van der Waals surface area contributed by atoms with Crippen LogP contribution in [0.2, 0.25) is 0 Å². The molecule has 5 aromatic rings. The lowest BCUT2D eigenvalue weighted by Gasteiger charge is -2.23. The van der Waals surface area contributed by atoms with Crippen molar-refractivity contribution < 1.29 is 19.1 Å². The topological polar surface area (TPSA) is 112 Å². The molecule has 6 rings (SSSR count). The van der Waals surface area contributed by atoms with Crippen molar-refractivity contribution in [3.63, 3.8) is 0 Å². The number of benzene rings is 2. The number of ketones is 1. The average molecular weight is 450 g/mol. The van der Waals surface area contributed by atoms with Crippen LogP contribution >= 0.6 is 0 Å². The average Bonchev–Trinajstić information content (AvgIpc) is 3.53. The molecular weight excluding hydrogens is 432 g/mol. The van der Waals surface area contributed by atoms with Gasteiger partial charge in [-0.15, -0.1) is 0 Å². The van der Waals surface area contributed by atoms with Crippen LogP contribution in [0.4, 0.5) is 5.95 Å². The molecule has 3 aromatic heterocycles. The number of rotatable bonds is 4. The first-order chi connectivity index (χ1) is 16.5. The van der Waals surface area contributed by atoms with Gasteiger partial charge in [0.1, 0.15) is 5.58 Å². The molecule has 0 radical (unpaired) electrons. The number of para-hydroxylation sites is 1. The van der Waals surface area contributed by atoms with Crippen molar-refractivity contribution in [2.75, 3.05) is 4.90 Å². The second-order valence-electron chi connectivity index (χ2n) is 8.18. The fourth-order valence-corrected chi connectivity index (χ4v) is 4.36. The summed E-state index contributed by atoms with van der Waals surface area (Å²) in [5.74, 6) is -1.70. The number of aromatic nitrogens is 3. The second-order valence-corrected chi connectivity index (χ2v) is 8.18. The number of aromatic amines is 1. The van der Waals surface area contributed by atoms with Gasteiger partial charge in [0.05, 0.1) is 22.6 Å². The normalized spacial score (nSPS) is 16.2. The van der Waals surface area contributed by atoms with E-state index in [2.05, 4.69) is 15.0 Å². The largest absolute Gasteiger partial charge is 0.503 e. The number of imidazole rings is 1. The van der Waals surface area contributed by atoms with E-state index in [1.807, 2.05) is 37.3 Å². The predicted octanol–water partition coefficient (Wildman–Crippen LogP) is 4.80. The van der Waals surface area contributed by atoms with Gasteiger partial charge in [-0.2, -0.15) is 0 Å². The van der Waals surface area contributed by atoms with E-state index in [1.54, 1.807) is 42.7 Å². The Morgan fingerprint density at radius 2 is 1.97 bits per heavy atom. The second kappa shape index (κ2) is 7.41. The fourth-order valence-electron chi connectivity index (χ4n) is 4.36. The molecule has 0 saturated heterocycles. The molecule has 0 aliphatic carbocycles. The highest BCUT2D eigenvalue weighted by molar-refractivity contribution is 6.20. The highest BCUT2D eigenvalue weighted by Crippen LogP contribution is 2.41. The van der Waals surface area contributed by atoms with E-state index in [0.29, 0.717) is 16.7 Å². The quantitative estimate of drug-likeness (QED) is 0.381. The number of pyridine rings is 1. The number of fused-ring (bicyclic) bond motifs is 2. The minimum absolute atomic E-state index is 0.0338. The maximum absolute atomic E-state index is 13.6. The summed E-state index contributed by atoms with van der Waals surface area (Å²) in [4.78, 5) is 40.1. The number of nitrogens with one attached hydrogen (secondary N) is 1. The van der Waals surface area contributed by atoms with Gasteiger partial charge in [0.25, 0.3) is 5.91 Å². The number of H-pyrrole nitrogens is 1. The molecule has 166 valence electrons. The van der Waals surface area contributed by atoms with E-state index in [-0.39, 0.29) is 17.3 Å². The minimum atomic E-state index is -0.941. The zero-order valence-corrected chi connectivity index (χ0v) is 18.0. The minimum Gasteiger partial charge on any atom is -0.503 e. The van der Waals surface area contributed by atoms with Crippen molar-refractivity contribution in [2.45, 2.75) is 13.0 Å². The number of carbonyl (C=O) groups is 2. The van der Waals surface area contributed by atoms with Crippen LogP contribution in [0.5, 0.6) is 0 Å². The molecule has 0 fully saturated rings. The first-order valence-corrected chi connectivity index (χ1v) is 10.7. The zero-order valence-electron chi connectivity index (χ0n) is 18.0. The lowest BCUT2D eigenvalue weighted by molar-refractivity contribution is -0.117. The Labute approximate surface area is 193 Å². The first-order valence-electron chi connectivity index (χ1n) is 10.7. The molecule has 34 heavy (non-hydrogen) atoms. The molecule has 1 unspecified atom stereocenters. The number of anilines is 1. The van der Waals surface area contributed by atoms with Gasteiger partial charge in [-0.05, 0) is 48.4 Å². The molecule has 1 aliphatic heterocycles. The third-order valence-corrected chi connectivity index (χ3v) is 5.96. The van der Waals surface area contributed by atoms with Crippen molar-refractivity contribution in [1.82, 2.24) is 15.0 Å². The van der Waals surface area contributed by atoms with Crippen molar-refractivity contribution in [3.05, 3.63) is 101 Å². The van der Waals surface area contributed by atoms with E-state index in [4.69, 9.17) is 4.42 Å². The van der Waals surface area contributed by atoms with Crippen LogP contribution < -0.4 is 4.90 Å². The summed E-state index contributed by atoms with van der Waals surface area (Å²) in [6, 6.07) is 17.0. The van der Waals surface area contributed by atoms with Gasteiger partial charge in [-0.3, -0.25) is 19.5 Å². The van der Waals surface area contributed by atoms with Crippen LogP contribution in [0.25, 0.3) is 22.0 Å². The van der Waals surface area contributed by atoms with Crippen molar-refractivity contribution in [2.24, 2.45) is 0 Å². The molecular formula is C26H18N4O4. The summed E-state index contributed by atoms with van der Waals surface area (Å²) < 4.78 is 5.75. The molecule has 0 saturated carbocycles. The first kappa shape index (κ1) is 19.9. The van der Waals surface area contributed by atoms with Crippen LogP contribution in [-0.2, 0) is 4.79 Å². The van der Waals surface area contributed by atoms with Gasteiger partial charge in [-0.25, -0.2) is 4.98 Å². The third-order valence-electron chi connectivity index (χ3n) is 5.96. The highest BCUT2D eigenvalue weighted by Gasteiger charge is 2.46. The van der Waals surface area contributed by atoms with Gasteiger partial charge < -0.3 is 14.5 Å². The fraction of sp³-hybridized carbons (Fsp3) is 0.0769. The van der Waals surface area contributed by atoms with E-state index in [0.717, 1.165) is 16.5 Å². The van der Waals surface area contributed by atoms with Gasteiger partial charge in [0.15, 0.2) is 11.5 Å². The van der Waals surface area contributed by atoms with E-state index < -0.39 is 23.5 Å². The van der Waals surface area contributed by atoms with Gasteiger partial charge in [0, 0.05) is 17.8 Å². The van der Waals surface area contributed by atoms with Crippen molar-refractivity contribution in [3.8, 4) is 0 Å². The Kier molecular flexibility index (Phi) is 4.35. The number of Topliss-reactive ketones (excluding diaryl/α,β-unsaturated/α-hetero) is 1. The summed E-state index contributed by atoms with van der Waals surface area (Å²) in [6.07, 6.45) is 3.15. The Hall–Kier alpha value is -4.72. The Bertz CT molecular complexity index is 1600. The van der Waals surface area contributed by atoms with Crippen LogP contribution in [0.15, 0.2) is 88.8 Å². The lowest BCUT2D eigenvalue weighted by Crippen LogP contribution is -2.32. The number of furan rings is 1. The van der Waals surface area contributed by atoms with Gasteiger partial charge in [-0.1, -0.05) is 30.3 Å². The number of hydrogen-bond acceptors (Lipinski definition) is 6. The summed E-state index contributed by atoms with van der Waals surface area (Å²) in [6.45, 7) is 1.96. The number of aryl methyl sites for hydroxylation is 1. The molecule has 1 amide bonds. The van der Waals surface area contributed by atoms with Crippen LogP contribution in [0.1, 0.15) is 27.7 Å².